The summed E-state index contributed by atoms with van der Waals surface area (Å²) in [5, 5.41) is 8.83. The average molecular weight is 171 g/mol. The predicted octanol–water partition coefficient (Wildman–Crippen LogP) is 1.82. The maximum Gasteiger partial charge on any atom is 0.155 e. The van der Waals surface area contributed by atoms with E-state index in [-0.39, 0.29) is 0 Å². The summed E-state index contributed by atoms with van der Waals surface area (Å²) in [5.41, 5.74) is 3.44. The first-order valence-electron chi connectivity index (χ1n) is 4.08. The van der Waals surface area contributed by atoms with E-state index in [1.54, 1.807) is 6.07 Å². The SMILES string of the molecule is Cc1nc2c(C#N)cccn2c1C. The highest BCUT2D eigenvalue weighted by atomic mass is 15.0. The second-order valence-corrected chi connectivity index (χ2v) is 3.01. The van der Waals surface area contributed by atoms with Crippen molar-refractivity contribution in [2.24, 2.45) is 0 Å². The van der Waals surface area contributed by atoms with Crippen LogP contribution in [0, 0.1) is 25.2 Å². The third-order valence-electron chi connectivity index (χ3n) is 2.25. The average Bonchev–Trinajstić information content (AvgIpc) is 2.43. The van der Waals surface area contributed by atoms with Crippen molar-refractivity contribution < 1.29 is 0 Å². The molecular weight excluding hydrogens is 162 g/mol. The van der Waals surface area contributed by atoms with Gasteiger partial charge in [0.05, 0.1) is 11.3 Å². The molecule has 3 nitrogen and oxygen atoms in total. The van der Waals surface area contributed by atoms with E-state index >= 15 is 0 Å². The number of imidazole rings is 1. The number of aryl methyl sites for hydroxylation is 2. The summed E-state index contributed by atoms with van der Waals surface area (Å²) in [6.45, 7) is 3.94. The van der Waals surface area contributed by atoms with Crippen molar-refractivity contribution in [2.45, 2.75) is 13.8 Å². The number of hydrogen-bond donors (Lipinski definition) is 0. The maximum absolute atomic E-state index is 8.83. The van der Waals surface area contributed by atoms with E-state index in [0.29, 0.717) is 5.56 Å². The molecule has 0 amide bonds. The molecule has 0 unspecified atom stereocenters. The van der Waals surface area contributed by atoms with E-state index in [2.05, 4.69) is 11.1 Å². The number of hydrogen-bond acceptors (Lipinski definition) is 2. The molecule has 64 valence electrons. The van der Waals surface area contributed by atoms with Gasteiger partial charge in [-0.15, -0.1) is 0 Å². The summed E-state index contributed by atoms with van der Waals surface area (Å²) in [5.74, 6) is 0. The van der Waals surface area contributed by atoms with Crippen LogP contribution in [0.15, 0.2) is 18.3 Å². The first-order chi connectivity index (χ1) is 6.24. The van der Waals surface area contributed by atoms with Crippen molar-refractivity contribution in [1.29, 1.82) is 5.26 Å². The van der Waals surface area contributed by atoms with E-state index in [1.807, 2.05) is 30.5 Å². The van der Waals surface area contributed by atoms with Gasteiger partial charge in [0.2, 0.25) is 0 Å². The molecule has 13 heavy (non-hydrogen) atoms. The molecule has 0 N–H and O–H groups in total. The van der Waals surface area contributed by atoms with Crippen LogP contribution in [-0.2, 0) is 0 Å². The van der Waals surface area contributed by atoms with Crippen LogP contribution in [0.1, 0.15) is 17.0 Å². The molecule has 2 aromatic rings. The second kappa shape index (κ2) is 2.60. The van der Waals surface area contributed by atoms with Crippen molar-refractivity contribution in [3.05, 3.63) is 35.3 Å². The van der Waals surface area contributed by atoms with E-state index in [0.717, 1.165) is 17.0 Å². The van der Waals surface area contributed by atoms with Crippen molar-refractivity contribution in [2.75, 3.05) is 0 Å². The molecule has 3 heteroatoms. The normalized spacial score (nSPS) is 10.2. The van der Waals surface area contributed by atoms with Gasteiger partial charge >= 0.3 is 0 Å². The third-order valence-corrected chi connectivity index (χ3v) is 2.25. The number of nitrogens with zero attached hydrogens (tertiary/aromatic N) is 3. The van der Waals surface area contributed by atoms with Crippen LogP contribution < -0.4 is 0 Å². The van der Waals surface area contributed by atoms with Gasteiger partial charge in [0.15, 0.2) is 5.65 Å². The molecular formula is C10H9N3. The molecule has 0 saturated heterocycles. The number of fused-ring (bicyclic) bond motifs is 1. The van der Waals surface area contributed by atoms with Crippen molar-refractivity contribution >= 4 is 5.65 Å². The Morgan fingerprint density at radius 2 is 2.23 bits per heavy atom. The minimum Gasteiger partial charge on any atom is -0.303 e. The lowest BCUT2D eigenvalue weighted by Gasteiger charge is -1.95. The molecule has 2 heterocycles. The van der Waals surface area contributed by atoms with Crippen molar-refractivity contribution in [3.8, 4) is 6.07 Å². The van der Waals surface area contributed by atoms with Gasteiger partial charge in [0.25, 0.3) is 0 Å². The Bertz CT molecular complexity index is 503. The third kappa shape index (κ3) is 0.994. The molecule has 0 aliphatic carbocycles. The maximum atomic E-state index is 8.83. The number of nitriles is 1. The minimum absolute atomic E-state index is 0.624. The monoisotopic (exact) mass is 171 g/mol. The number of aromatic nitrogens is 2. The van der Waals surface area contributed by atoms with Crippen LogP contribution in [0.4, 0.5) is 0 Å². The Hall–Kier alpha value is -1.82. The number of rotatable bonds is 0. The minimum atomic E-state index is 0.624. The fraction of sp³-hybridized carbons (Fsp3) is 0.200. The Morgan fingerprint density at radius 1 is 1.46 bits per heavy atom. The predicted molar refractivity (Wildman–Crippen MR) is 49.4 cm³/mol. The highest BCUT2D eigenvalue weighted by Gasteiger charge is 2.06. The van der Waals surface area contributed by atoms with Gasteiger partial charge in [-0.25, -0.2) is 4.98 Å². The van der Waals surface area contributed by atoms with Crippen LogP contribution in [0.3, 0.4) is 0 Å². The van der Waals surface area contributed by atoms with E-state index in [4.69, 9.17) is 5.26 Å². The molecule has 0 spiro atoms. The Morgan fingerprint density at radius 3 is 2.92 bits per heavy atom. The van der Waals surface area contributed by atoms with Gasteiger partial charge in [-0.3, -0.25) is 0 Å². The summed E-state index contributed by atoms with van der Waals surface area (Å²) in [4.78, 5) is 4.32. The molecule has 0 aliphatic rings. The molecule has 0 atom stereocenters. The quantitative estimate of drug-likeness (QED) is 0.606. The molecule has 0 aliphatic heterocycles. The zero-order chi connectivity index (χ0) is 9.42. The van der Waals surface area contributed by atoms with Gasteiger partial charge in [-0.2, -0.15) is 5.26 Å². The lowest BCUT2D eigenvalue weighted by atomic mass is 10.3. The largest absolute Gasteiger partial charge is 0.303 e. The first-order valence-corrected chi connectivity index (χ1v) is 4.08. The summed E-state index contributed by atoms with van der Waals surface area (Å²) < 4.78 is 1.94. The smallest absolute Gasteiger partial charge is 0.155 e. The van der Waals surface area contributed by atoms with Crippen molar-refractivity contribution in [3.63, 3.8) is 0 Å². The summed E-state index contributed by atoms with van der Waals surface area (Å²) >= 11 is 0. The van der Waals surface area contributed by atoms with Gasteiger partial charge in [0, 0.05) is 11.9 Å². The van der Waals surface area contributed by atoms with Gasteiger partial charge in [-0.1, -0.05) is 0 Å². The highest BCUT2D eigenvalue weighted by Crippen LogP contribution is 2.13. The topological polar surface area (TPSA) is 41.1 Å². The van der Waals surface area contributed by atoms with Crippen LogP contribution in [0.25, 0.3) is 5.65 Å². The molecule has 2 rings (SSSR count). The van der Waals surface area contributed by atoms with E-state index in [9.17, 15) is 0 Å². The first kappa shape index (κ1) is 7.81. The number of pyridine rings is 1. The molecule has 2 aromatic heterocycles. The zero-order valence-electron chi connectivity index (χ0n) is 7.57. The Kier molecular flexibility index (Phi) is 1.56. The summed E-state index contributed by atoms with van der Waals surface area (Å²) in [6.07, 6.45) is 1.92. The van der Waals surface area contributed by atoms with E-state index < -0.39 is 0 Å². The summed E-state index contributed by atoms with van der Waals surface area (Å²) in [6, 6.07) is 5.77. The van der Waals surface area contributed by atoms with Crippen LogP contribution in [-0.4, -0.2) is 9.38 Å². The van der Waals surface area contributed by atoms with Gasteiger partial charge < -0.3 is 4.40 Å². The second-order valence-electron chi connectivity index (χ2n) is 3.01. The van der Waals surface area contributed by atoms with Gasteiger partial charge in [-0.05, 0) is 26.0 Å². The molecule has 0 radical (unpaired) electrons. The van der Waals surface area contributed by atoms with Crippen LogP contribution >= 0.6 is 0 Å². The Labute approximate surface area is 76.3 Å². The van der Waals surface area contributed by atoms with Crippen molar-refractivity contribution in [1.82, 2.24) is 9.38 Å². The highest BCUT2D eigenvalue weighted by molar-refractivity contribution is 5.56. The Balaban J connectivity index is 2.95. The zero-order valence-corrected chi connectivity index (χ0v) is 7.57. The molecule has 0 fully saturated rings. The van der Waals surface area contributed by atoms with E-state index in [1.165, 1.54) is 0 Å². The molecule has 0 bridgehead atoms. The summed E-state index contributed by atoms with van der Waals surface area (Å²) in [7, 11) is 0. The standard InChI is InChI=1S/C10H9N3/c1-7-8(2)13-5-3-4-9(6-11)10(13)12-7/h3-5H,1-2H3. The molecule has 0 saturated carbocycles. The van der Waals surface area contributed by atoms with Crippen LogP contribution in [0.5, 0.6) is 0 Å². The fourth-order valence-corrected chi connectivity index (χ4v) is 1.39. The van der Waals surface area contributed by atoms with Crippen LogP contribution in [0.2, 0.25) is 0 Å². The van der Waals surface area contributed by atoms with Gasteiger partial charge in [0.1, 0.15) is 6.07 Å². The lowest BCUT2D eigenvalue weighted by molar-refractivity contribution is 1.09. The molecule has 0 aromatic carbocycles. The fourth-order valence-electron chi connectivity index (χ4n) is 1.39. The lowest BCUT2D eigenvalue weighted by Crippen LogP contribution is -1.88.